The number of hydrogen-bond donors (Lipinski definition) is 0. The Morgan fingerprint density at radius 1 is 1.17 bits per heavy atom. The summed E-state index contributed by atoms with van der Waals surface area (Å²) in [4.78, 5) is 27.7. The van der Waals surface area contributed by atoms with Gasteiger partial charge in [-0.15, -0.1) is 0 Å². The number of carbonyl (C=O) groups excluding carboxylic acids is 1. The zero-order valence-electron chi connectivity index (χ0n) is 20.9. The highest BCUT2D eigenvalue weighted by Gasteiger charge is 2.23. The standard InChI is InChI=1S/C30H30FNO4/c1-4-6-12-35-36-27(33)17-23-18(3)14-21-15-19(5-2)25(31)16-24(21)29(23)22-7-8-26-28-20(10-13-34-26)9-11-32-30(22)28/h7-9,11,14-16H,4-6,10,12-13,17H2,1-3H3. The Morgan fingerprint density at radius 3 is 2.83 bits per heavy atom. The predicted octanol–water partition coefficient (Wildman–Crippen LogP) is 6.82. The SMILES string of the molecule is CCCCOOC(=O)Cc1c(C)cc2cc(CC)c(F)cc2c1-c1ccc2c3c(ccnc13)CCO2. The zero-order chi connectivity index (χ0) is 25.2. The van der Waals surface area contributed by atoms with Gasteiger partial charge in [0.2, 0.25) is 0 Å². The van der Waals surface area contributed by atoms with Crippen LogP contribution in [0.4, 0.5) is 4.39 Å². The first kappa shape index (κ1) is 24.2. The average Bonchev–Trinajstić information content (AvgIpc) is 2.88. The molecule has 0 saturated heterocycles. The van der Waals surface area contributed by atoms with Crippen molar-refractivity contribution in [2.24, 2.45) is 0 Å². The van der Waals surface area contributed by atoms with Crippen LogP contribution in [0.1, 0.15) is 48.9 Å². The fourth-order valence-corrected chi connectivity index (χ4v) is 5.05. The van der Waals surface area contributed by atoms with Gasteiger partial charge in [-0.25, -0.2) is 9.18 Å². The lowest BCUT2D eigenvalue weighted by Crippen LogP contribution is -2.12. The van der Waals surface area contributed by atoms with Crippen LogP contribution in [0.5, 0.6) is 5.75 Å². The summed E-state index contributed by atoms with van der Waals surface area (Å²) in [6, 6.07) is 11.4. The highest BCUT2D eigenvalue weighted by atomic mass is 19.1. The third kappa shape index (κ3) is 4.42. The molecule has 0 fully saturated rings. The third-order valence-electron chi connectivity index (χ3n) is 6.91. The van der Waals surface area contributed by atoms with Gasteiger partial charge in [-0.2, -0.15) is 4.89 Å². The van der Waals surface area contributed by atoms with Crippen LogP contribution in [0.25, 0.3) is 32.8 Å². The minimum atomic E-state index is -0.487. The lowest BCUT2D eigenvalue weighted by atomic mass is 9.86. The van der Waals surface area contributed by atoms with Crippen molar-refractivity contribution in [1.82, 2.24) is 4.98 Å². The molecule has 5 rings (SSSR count). The van der Waals surface area contributed by atoms with E-state index in [1.165, 1.54) is 5.56 Å². The molecule has 0 amide bonds. The van der Waals surface area contributed by atoms with Gasteiger partial charge in [0, 0.05) is 23.6 Å². The molecule has 0 radical (unpaired) electrons. The first-order chi connectivity index (χ1) is 17.5. The van der Waals surface area contributed by atoms with Crippen LogP contribution in [0.15, 0.2) is 42.6 Å². The Kier molecular flexibility index (Phi) is 6.88. The minimum absolute atomic E-state index is 0.000183. The highest BCUT2D eigenvalue weighted by Crippen LogP contribution is 2.42. The fourth-order valence-electron chi connectivity index (χ4n) is 5.05. The molecule has 0 bridgehead atoms. The van der Waals surface area contributed by atoms with Crippen LogP contribution in [0, 0.1) is 12.7 Å². The van der Waals surface area contributed by atoms with E-state index >= 15 is 4.39 Å². The number of ether oxygens (including phenoxy) is 1. The Labute approximate surface area is 210 Å². The van der Waals surface area contributed by atoms with Gasteiger partial charge in [-0.3, -0.25) is 9.87 Å². The molecular weight excluding hydrogens is 457 g/mol. The van der Waals surface area contributed by atoms with Crippen molar-refractivity contribution in [1.29, 1.82) is 0 Å². The van der Waals surface area contributed by atoms with E-state index in [0.29, 0.717) is 25.2 Å². The molecule has 0 saturated carbocycles. The van der Waals surface area contributed by atoms with E-state index in [1.807, 2.05) is 51.1 Å². The maximum Gasteiger partial charge on any atom is 0.346 e. The summed E-state index contributed by atoms with van der Waals surface area (Å²) in [7, 11) is 0. The topological polar surface area (TPSA) is 57.7 Å². The normalized spacial score (nSPS) is 12.7. The number of nitrogens with zero attached hydrogens (tertiary/aromatic N) is 1. The van der Waals surface area contributed by atoms with E-state index in [2.05, 4.69) is 0 Å². The molecule has 5 nitrogen and oxygen atoms in total. The molecule has 6 heteroatoms. The molecule has 0 unspecified atom stereocenters. The van der Waals surface area contributed by atoms with Crippen molar-refractivity contribution in [3.05, 3.63) is 70.7 Å². The summed E-state index contributed by atoms with van der Waals surface area (Å²) in [6.07, 6.45) is 4.95. The number of benzene rings is 3. The molecule has 0 atom stereocenters. The number of aryl methyl sites for hydroxylation is 2. The summed E-state index contributed by atoms with van der Waals surface area (Å²) in [5, 5.41) is 2.64. The predicted molar refractivity (Wildman–Crippen MR) is 139 cm³/mol. The number of carbonyl (C=O) groups is 1. The number of fused-ring (bicyclic) bond motifs is 1. The molecule has 186 valence electrons. The molecular formula is C30H30FNO4. The van der Waals surface area contributed by atoms with E-state index in [-0.39, 0.29) is 12.2 Å². The highest BCUT2D eigenvalue weighted by molar-refractivity contribution is 6.08. The first-order valence-electron chi connectivity index (χ1n) is 12.6. The van der Waals surface area contributed by atoms with E-state index in [9.17, 15) is 4.79 Å². The summed E-state index contributed by atoms with van der Waals surface area (Å²) < 4.78 is 21.0. The largest absolute Gasteiger partial charge is 0.493 e. The Hall–Kier alpha value is -3.51. The van der Waals surface area contributed by atoms with Crippen molar-refractivity contribution in [2.45, 2.75) is 52.9 Å². The van der Waals surface area contributed by atoms with E-state index < -0.39 is 5.97 Å². The second-order valence-corrected chi connectivity index (χ2v) is 9.28. The summed E-state index contributed by atoms with van der Waals surface area (Å²) in [6.45, 7) is 6.93. The van der Waals surface area contributed by atoms with Gasteiger partial charge in [0.1, 0.15) is 11.6 Å². The molecule has 4 aromatic rings. The Bertz CT molecular complexity index is 1450. The molecule has 0 spiro atoms. The summed E-state index contributed by atoms with van der Waals surface area (Å²) >= 11 is 0. The Balaban J connectivity index is 1.73. The third-order valence-corrected chi connectivity index (χ3v) is 6.91. The smallest absolute Gasteiger partial charge is 0.346 e. The second-order valence-electron chi connectivity index (χ2n) is 9.28. The lowest BCUT2D eigenvalue weighted by molar-refractivity contribution is -0.272. The average molecular weight is 488 g/mol. The van der Waals surface area contributed by atoms with Gasteiger partial charge in [0.25, 0.3) is 0 Å². The van der Waals surface area contributed by atoms with Crippen LogP contribution >= 0.6 is 0 Å². The molecule has 0 aliphatic carbocycles. The van der Waals surface area contributed by atoms with E-state index in [0.717, 1.165) is 68.9 Å². The first-order valence-corrected chi connectivity index (χ1v) is 12.6. The number of aromatic nitrogens is 1. The molecule has 1 aromatic heterocycles. The summed E-state index contributed by atoms with van der Waals surface area (Å²) in [5.41, 5.74) is 5.94. The van der Waals surface area contributed by atoms with Gasteiger partial charge in [0.05, 0.1) is 25.2 Å². The van der Waals surface area contributed by atoms with Crippen molar-refractivity contribution in [3.63, 3.8) is 0 Å². The van der Waals surface area contributed by atoms with Crippen molar-refractivity contribution >= 4 is 27.6 Å². The lowest BCUT2D eigenvalue weighted by Gasteiger charge is -2.22. The van der Waals surface area contributed by atoms with Crippen LogP contribution in [-0.4, -0.2) is 24.2 Å². The van der Waals surface area contributed by atoms with E-state index in [1.54, 1.807) is 12.3 Å². The molecule has 0 N–H and O–H groups in total. The van der Waals surface area contributed by atoms with Crippen LogP contribution in [0.3, 0.4) is 0 Å². The zero-order valence-corrected chi connectivity index (χ0v) is 20.9. The van der Waals surface area contributed by atoms with E-state index in [4.69, 9.17) is 19.5 Å². The van der Waals surface area contributed by atoms with Gasteiger partial charge in [-0.1, -0.05) is 26.3 Å². The number of halogens is 1. The van der Waals surface area contributed by atoms with Crippen molar-refractivity contribution in [2.75, 3.05) is 13.2 Å². The maximum absolute atomic E-state index is 15.1. The van der Waals surface area contributed by atoms with Crippen molar-refractivity contribution in [3.8, 4) is 16.9 Å². The van der Waals surface area contributed by atoms with Gasteiger partial charge in [0.15, 0.2) is 0 Å². The number of hydrogen-bond acceptors (Lipinski definition) is 5. The van der Waals surface area contributed by atoms with Crippen LogP contribution in [-0.2, 0) is 33.8 Å². The molecule has 3 aromatic carbocycles. The quantitative estimate of drug-likeness (QED) is 0.155. The second kappa shape index (κ2) is 10.2. The Morgan fingerprint density at radius 2 is 2.03 bits per heavy atom. The van der Waals surface area contributed by atoms with Crippen LogP contribution < -0.4 is 4.74 Å². The number of pyridine rings is 1. The maximum atomic E-state index is 15.1. The molecule has 1 aliphatic rings. The monoisotopic (exact) mass is 487 g/mol. The van der Waals surface area contributed by atoms with Crippen LogP contribution in [0.2, 0.25) is 0 Å². The van der Waals surface area contributed by atoms with Gasteiger partial charge in [-0.05, 0) is 88.7 Å². The number of unbranched alkanes of at least 4 members (excludes halogenated alkanes) is 1. The van der Waals surface area contributed by atoms with Gasteiger partial charge >= 0.3 is 5.97 Å². The summed E-state index contributed by atoms with van der Waals surface area (Å²) in [5.74, 6) is 0.0508. The molecule has 36 heavy (non-hydrogen) atoms. The van der Waals surface area contributed by atoms with Gasteiger partial charge < -0.3 is 4.74 Å². The minimum Gasteiger partial charge on any atom is -0.493 e. The fraction of sp³-hybridized carbons (Fsp3) is 0.333. The molecule has 1 aliphatic heterocycles. The molecule has 2 heterocycles. The number of rotatable bonds is 8. The van der Waals surface area contributed by atoms with Crippen molar-refractivity contribution < 1.29 is 23.7 Å².